The third kappa shape index (κ3) is 4.27. The van der Waals surface area contributed by atoms with Crippen molar-refractivity contribution in [1.29, 1.82) is 0 Å². The van der Waals surface area contributed by atoms with Crippen LogP contribution in [0, 0.1) is 0 Å². The fraction of sp³-hybridized carbons (Fsp3) is 0.316. The second-order valence-corrected chi connectivity index (χ2v) is 7.70. The van der Waals surface area contributed by atoms with Gasteiger partial charge in [-0.25, -0.2) is 0 Å². The Hall–Kier alpha value is -1.16. The number of amides is 1. The largest absolute Gasteiger partial charge is 0.349 e. The highest BCUT2D eigenvalue weighted by Gasteiger charge is 2.21. The molecule has 0 radical (unpaired) electrons. The van der Waals surface area contributed by atoms with E-state index in [1.54, 1.807) is 0 Å². The van der Waals surface area contributed by atoms with Gasteiger partial charge in [0.1, 0.15) is 0 Å². The fourth-order valence-corrected chi connectivity index (χ4v) is 4.63. The summed E-state index contributed by atoms with van der Waals surface area (Å²) in [4.78, 5) is 12.3. The van der Waals surface area contributed by atoms with E-state index in [0.717, 1.165) is 24.8 Å². The fourth-order valence-electron chi connectivity index (χ4n) is 3.06. The zero-order valence-electron chi connectivity index (χ0n) is 13.2. The van der Waals surface area contributed by atoms with Crippen LogP contribution in [-0.4, -0.2) is 11.7 Å². The first kappa shape index (κ1) is 17.7. The molecule has 24 heavy (non-hydrogen) atoms. The predicted molar refractivity (Wildman–Crippen MR) is 103 cm³/mol. The maximum absolute atomic E-state index is 12.3. The summed E-state index contributed by atoms with van der Waals surface area (Å²) in [6, 6.07) is 14.0. The topological polar surface area (TPSA) is 29.1 Å². The molecule has 0 aromatic heterocycles. The number of halogens is 2. The molecule has 1 aliphatic rings. The van der Waals surface area contributed by atoms with E-state index in [1.165, 1.54) is 22.9 Å². The van der Waals surface area contributed by atoms with E-state index in [0.29, 0.717) is 21.6 Å². The quantitative estimate of drug-likeness (QED) is 0.750. The lowest BCUT2D eigenvalue weighted by Crippen LogP contribution is -2.32. The van der Waals surface area contributed by atoms with Crippen molar-refractivity contribution in [3.63, 3.8) is 0 Å². The number of benzene rings is 2. The third-order valence-corrected chi connectivity index (χ3v) is 5.91. The molecule has 2 aromatic carbocycles. The molecule has 5 heteroatoms. The molecule has 0 saturated carbocycles. The maximum Gasteiger partial charge on any atom is 0.230 e. The Bertz CT molecular complexity index is 715. The molecule has 0 bridgehead atoms. The molecule has 1 amide bonds. The molecule has 0 spiro atoms. The predicted octanol–water partition coefficient (Wildman–Crippen LogP) is 5.42. The molecule has 2 nitrogen and oxygen atoms in total. The number of thioether (sulfide) groups is 1. The molecule has 1 N–H and O–H groups in total. The Kier molecular flexibility index (Phi) is 6.09. The molecule has 2 aromatic rings. The van der Waals surface area contributed by atoms with Crippen LogP contribution in [0.25, 0.3) is 0 Å². The normalized spacial score (nSPS) is 16.5. The lowest BCUT2D eigenvalue weighted by atomic mass is 9.88. The molecular formula is C19H19Cl2NOS. The molecule has 1 aliphatic carbocycles. The highest BCUT2D eigenvalue weighted by atomic mass is 35.5. The second-order valence-electron chi connectivity index (χ2n) is 5.90. The molecular weight excluding hydrogens is 361 g/mol. The number of carbonyl (C=O) groups excluding carboxylic acids is 1. The summed E-state index contributed by atoms with van der Waals surface area (Å²) >= 11 is 13.8. The van der Waals surface area contributed by atoms with Gasteiger partial charge in [0.05, 0.1) is 11.8 Å². The van der Waals surface area contributed by atoms with Gasteiger partial charge in [0.25, 0.3) is 0 Å². The number of aryl methyl sites for hydroxylation is 1. The highest BCUT2D eigenvalue weighted by molar-refractivity contribution is 7.99. The van der Waals surface area contributed by atoms with Crippen LogP contribution in [0.2, 0.25) is 10.0 Å². The first-order valence-electron chi connectivity index (χ1n) is 8.03. The van der Waals surface area contributed by atoms with Crippen molar-refractivity contribution in [3.8, 4) is 0 Å². The summed E-state index contributed by atoms with van der Waals surface area (Å²) in [5.74, 6) is 1.10. The van der Waals surface area contributed by atoms with Crippen molar-refractivity contribution in [2.24, 2.45) is 0 Å². The van der Waals surface area contributed by atoms with E-state index in [1.807, 2.05) is 24.3 Å². The van der Waals surface area contributed by atoms with Crippen LogP contribution < -0.4 is 5.32 Å². The minimum atomic E-state index is 0.0601. The van der Waals surface area contributed by atoms with Gasteiger partial charge in [0.15, 0.2) is 0 Å². The van der Waals surface area contributed by atoms with Crippen molar-refractivity contribution in [2.45, 2.75) is 31.1 Å². The van der Waals surface area contributed by atoms with Crippen molar-refractivity contribution in [3.05, 3.63) is 69.2 Å². The van der Waals surface area contributed by atoms with Gasteiger partial charge in [-0.15, -0.1) is 11.8 Å². The van der Waals surface area contributed by atoms with E-state index < -0.39 is 0 Å². The van der Waals surface area contributed by atoms with Gasteiger partial charge in [-0.3, -0.25) is 4.79 Å². The third-order valence-electron chi connectivity index (χ3n) is 4.25. The van der Waals surface area contributed by atoms with E-state index in [4.69, 9.17) is 23.2 Å². The first-order valence-corrected chi connectivity index (χ1v) is 9.94. The molecule has 0 saturated heterocycles. The first-order chi connectivity index (χ1) is 11.6. The maximum atomic E-state index is 12.3. The van der Waals surface area contributed by atoms with E-state index in [2.05, 4.69) is 23.5 Å². The van der Waals surface area contributed by atoms with Gasteiger partial charge < -0.3 is 5.32 Å². The Morgan fingerprint density at radius 3 is 2.67 bits per heavy atom. The summed E-state index contributed by atoms with van der Waals surface area (Å²) in [6.07, 6.45) is 3.22. The lowest BCUT2D eigenvalue weighted by molar-refractivity contribution is -0.119. The lowest BCUT2D eigenvalue weighted by Gasteiger charge is -2.26. The van der Waals surface area contributed by atoms with Crippen LogP contribution in [0.5, 0.6) is 0 Å². The molecule has 3 rings (SSSR count). The summed E-state index contributed by atoms with van der Waals surface area (Å²) in [6.45, 7) is 0. The monoisotopic (exact) mass is 379 g/mol. The summed E-state index contributed by atoms with van der Waals surface area (Å²) in [7, 11) is 0. The molecule has 0 aliphatic heterocycles. The van der Waals surface area contributed by atoms with E-state index in [9.17, 15) is 4.79 Å². The Balaban J connectivity index is 1.54. The van der Waals surface area contributed by atoms with Gasteiger partial charge in [0.2, 0.25) is 5.91 Å². The SMILES string of the molecule is O=C(CSCc1c(Cl)cccc1Cl)N[C@@H]1CCCc2ccccc21. The van der Waals surface area contributed by atoms with Crippen molar-refractivity contribution < 1.29 is 4.79 Å². The number of rotatable bonds is 5. The zero-order valence-corrected chi connectivity index (χ0v) is 15.6. The summed E-state index contributed by atoms with van der Waals surface area (Å²) < 4.78 is 0. The van der Waals surface area contributed by atoms with Crippen LogP contribution in [-0.2, 0) is 17.0 Å². The van der Waals surface area contributed by atoms with Crippen molar-refractivity contribution in [2.75, 3.05) is 5.75 Å². The Labute approximate surface area is 156 Å². The summed E-state index contributed by atoms with van der Waals surface area (Å²) in [5.41, 5.74) is 3.50. The molecule has 0 unspecified atom stereocenters. The van der Waals surface area contributed by atoms with Gasteiger partial charge in [-0.05, 0) is 48.1 Å². The number of nitrogens with one attached hydrogen (secondary N) is 1. The summed E-state index contributed by atoms with van der Waals surface area (Å²) in [5, 5.41) is 4.46. The van der Waals surface area contributed by atoms with Gasteiger partial charge in [-0.2, -0.15) is 0 Å². The number of carbonyl (C=O) groups is 1. The van der Waals surface area contributed by atoms with Crippen LogP contribution in [0.15, 0.2) is 42.5 Å². The van der Waals surface area contributed by atoms with Gasteiger partial charge >= 0.3 is 0 Å². The van der Waals surface area contributed by atoms with Gasteiger partial charge in [-0.1, -0.05) is 53.5 Å². The van der Waals surface area contributed by atoms with Crippen molar-refractivity contribution in [1.82, 2.24) is 5.32 Å². The Morgan fingerprint density at radius 1 is 1.12 bits per heavy atom. The van der Waals surface area contributed by atoms with E-state index in [-0.39, 0.29) is 11.9 Å². The zero-order chi connectivity index (χ0) is 16.9. The van der Waals surface area contributed by atoms with E-state index >= 15 is 0 Å². The van der Waals surface area contributed by atoms with Crippen LogP contribution >= 0.6 is 35.0 Å². The molecule has 0 heterocycles. The smallest absolute Gasteiger partial charge is 0.230 e. The van der Waals surface area contributed by atoms with Crippen LogP contribution in [0.3, 0.4) is 0 Å². The second kappa shape index (κ2) is 8.28. The molecule has 0 fully saturated rings. The number of fused-ring (bicyclic) bond motifs is 1. The van der Waals surface area contributed by atoms with Crippen LogP contribution in [0.4, 0.5) is 0 Å². The average Bonchev–Trinajstić information content (AvgIpc) is 2.58. The minimum Gasteiger partial charge on any atom is -0.349 e. The number of hydrogen-bond acceptors (Lipinski definition) is 2. The van der Waals surface area contributed by atoms with Crippen LogP contribution in [0.1, 0.15) is 35.6 Å². The standard InChI is InChI=1S/C19H19Cl2NOS/c20-16-8-4-9-17(21)15(16)11-24-12-19(23)22-18-10-3-6-13-5-1-2-7-14(13)18/h1-2,4-5,7-9,18H,3,6,10-12H2,(H,22,23)/t18-/m1/s1. The highest BCUT2D eigenvalue weighted by Crippen LogP contribution is 2.30. The number of hydrogen-bond donors (Lipinski definition) is 1. The molecule has 1 atom stereocenters. The molecule has 126 valence electrons. The Morgan fingerprint density at radius 2 is 1.88 bits per heavy atom. The van der Waals surface area contributed by atoms with Gasteiger partial charge in [0, 0.05) is 15.8 Å². The average molecular weight is 380 g/mol. The minimum absolute atomic E-state index is 0.0601. The van der Waals surface area contributed by atoms with Crippen molar-refractivity contribution >= 4 is 40.9 Å².